The number of benzene rings is 1. The number of ether oxygens (including phenoxy) is 1. The van der Waals surface area contributed by atoms with Crippen LogP contribution >= 0.6 is 0 Å². The summed E-state index contributed by atoms with van der Waals surface area (Å²) in [4.78, 5) is 22.1. The molecule has 3 heterocycles. The minimum absolute atomic E-state index is 0.0588. The molecule has 0 bridgehead atoms. The van der Waals surface area contributed by atoms with Crippen molar-refractivity contribution in [3.05, 3.63) is 60.0 Å². The Bertz CT molecular complexity index is 1050. The summed E-state index contributed by atoms with van der Waals surface area (Å²) in [5.74, 6) is 0.757. The lowest BCUT2D eigenvalue weighted by molar-refractivity contribution is -0.138. The predicted molar refractivity (Wildman–Crippen MR) is 129 cm³/mol. The van der Waals surface area contributed by atoms with Crippen molar-refractivity contribution in [2.75, 3.05) is 19.6 Å². The molecule has 33 heavy (non-hydrogen) atoms. The summed E-state index contributed by atoms with van der Waals surface area (Å²) < 4.78 is 6.11. The number of hydrogen-bond donors (Lipinski definition) is 3. The fourth-order valence-corrected chi connectivity index (χ4v) is 4.47. The third-order valence-corrected chi connectivity index (χ3v) is 6.34. The number of aliphatic hydroxyl groups excluding tert-OH is 1. The summed E-state index contributed by atoms with van der Waals surface area (Å²) in [5.41, 5.74) is 2.88. The van der Waals surface area contributed by atoms with Gasteiger partial charge >= 0.3 is 0 Å². The molecule has 1 aromatic carbocycles. The molecule has 4 rings (SSSR count). The Morgan fingerprint density at radius 2 is 2.03 bits per heavy atom. The van der Waals surface area contributed by atoms with Crippen LogP contribution in [0.2, 0.25) is 0 Å². The Morgan fingerprint density at radius 3 is 2.79 bits per heavy atom. The Kier molecular flexibility index (Phi) is 7.62. The second-order valence-corrected chi connectivity index (χ2v) is 8.95. The highest BCUT2D eigenvalue weighted by Gasteiger charge is 2.24. The van der Waals surface area contributed by atoms with Gasteiger partial charge in [0.1, 0.15) is 5.75 Å². The molecular formula is C26H34N4O3. The second kappa shape index (κ2) is 10.8. The zero-order valence-electron chi connectivity index (χ0n) is 19.5. The van der Waals surface area contributed by atoms with E-state index < -0.39 is 12.2 Å². The van der Waals surface area contributed by atoms with Gasteiger partial charge < -0.3 is 25.0 Å². The van der Waals surface area contributed by atoms with E-state index in [4.69, 9.17) is 4.74 Å². The van der Waals surface area contributed by atoms with E-state index >= 15 is 0 Å². The molecule has 0 saturated carbocycles. The lowest BCUT2D eigenvalue weighted by atomic mass is 10.1. The number of aromatic nitrogens is 2. The second-order valence-electron chi connectivity index (χ2n) is 8.95. The Balaban J connectivity index is 1.37. The molecule has 7 nitrogen and oxygen atoms in total. The molecule has 176 valence electrons. The number of H-pyrrole nitrogens is 1. The van der Waals surface area contributed by atoms with E-state index in [-0.39, 0.29) is 11.9 Å². The van der Waals surface area contributed by atoms with Crippen LogP contribution in [-0.4, -0.2) is 57.7 Å². The van der Waals surface area contributed by atoms with Gasteiger partial charge in [0.25, 0.3) is 5.91 Å². The molecule has 1 aliphatic heterocycles. The molecular weight excluding hydrogens is 416 g/mol. The number of nitrogens with one attached hydrogen (secondary N) is 2. The summed E-state index contributed by atoms with van der Waals surface area (Å²) >= 11 is 0. The number of fused-ring (bicyclic) bond motifs is 1. The number of amides is 1. The first-order valence-corrected chi connectivity index (χ1v) is 11.9. The molecule has 1 amide bonds. The standard InChI is InChI=1S/C26H34N4O3/c1-18(28-17-23(31)20-8-7-11-27-15-20)14-21-16-29-25-22(21)9-6-10-24(25)33-19(2)26(32)30-12-4-3-5-13-30/h6-11,15-16,18-19,23,28-29,31H,3-5,12-14,17H2,1-2H3/t18-,19+,23+/m1/s1. The summed E-state index contributed by atoms with van der Waals surface area (Å²) in [7, 11) is 0. The number of carbonyl (C=O) groups excluding carboxylic acids is 1. The molecule has 7 heteroatoms. The van der Waals surface area contributed by atoms with Crippen molar-refractivity contribution >= 4 is 16.8 Å². The number of aromatic amines is 1. The molecule has 3 atom stereocenters. The normalized spacial score (nSPS) is 17.0. The molecule has 1 fully saturated rings. The van der Waals surface area contributed by atoms with Crippen molar-refractivity contribution in [2.45, 2.75) is 57.8 Å². The van der Waals surface area contributed by atoms with Crippen LogP contribution in [0.25, 0.3) is 10.9 Å². The molecule has 0 spiro atoms. The fourth-order valence-electron chi connectivity index (χ4n) is 4.47. The van der Waals surface area contributed by atoms with E-state index in [1.54, 1.807) is 12.4 Å². The minimum atomic E-state index is -0.594. The number of rotatable bonds is 9. The van der Waals surface area contributed by atoms with Crippen molar-refractivity contribution in [1.29, 1.82) is 0 Å². The lowest BCUT2D eigenvalue weighted by Gasteiger charge is -2.29. The largest absolute Gasteiger partial charge is 0.479 e. The summed E-state index contributed by atoms with van der Waals surface area (Å²) in [6.07, 6.45) is 8.41. The first kappa shape index (κ1) is 23.3. The summed E-state index contributed by atoms with van der Waals surface area (Å²) in [6, 6.07) is 9.82. The van der Waals surface area contributed by atoms with Crippen LogP contribution in [0.3, 0.4) is 0 Å². The fraction of sp³-hybridized carbons (Fsp3) is 0.462. The van der Waals surface area contributed by atoms with Crippen molar-refractivity contribution < 1.29 is 14.6 Å². The highest BCUT2D eigenvalue weighted by atomic mass is 16.5. The highest BCUT2D eigenvalue weighted by molar-refractivity contribution is 5.89. The molecule has 3 N–H and O–H groups in total. The van der Waals surface area contributed by atoms with Gasteiger partial charge in [0.15, 0.2) is 6.10 Å². The van der Waals surface area contributed by atoms with Crippen molar-refractivity contribution in [2.24, 2.45) is 0 Å². The lowest BCUT2D eigenvalue weighted by Crippen LogP contribution is -2.43. The molecule has 1 aliphatic rings. The summed E-state index contributed by atoms with van der Waals surface area (Å²) in [6.45, 7) is 6.04. The van der Waals surface area contributed by atoms with Gasteiger partial charge in [0.2, 0.25) is 0 Å². The topological polar surface area (TPSA) is 90.5 Å². The summed E-state index contributed by atoms with van der Waals surface area (Å²) in [5, 5.41) is 14.9. The minimum Gasteiger partial charge on any atom is -0.479 e. The van der Waals surface area contributed by atoms with Crippen LogP contribution in [-0.2, 0) is 11.2 Å². The van der Waals surface area contributed by atoms with Crippen LogP contribution in [0.4, 0.5) is 0 Å². The molecule has 0 radical (unpaired) electrons. The SMILES string of the molecule is C[C@H](Cc1c[nH]c2c(O[C@@H](C)C(=O)N3CCCCC3)cccc12)NC[C@H](O)c1cccnc1. The average molecular weight is 451 g/mol. The predicted octanol–water partition coefficient (Wildman–Crippen LogP) is 3.60. The maximum atomic E-state index is 12.8. The first-order chi connectivity index (χ1) is 16.0. The van der Waals surface area contributed by atoms with E-state index in [9.17, 15) is 9.90 Å². The Labute approximate surface area is 195 Å². The zero-order chi connectivity index (χ0) is 23.2. The zero-order valence-corrected chi connectivity index (χ0v) is 19.5. The van der Waals surface area contributed by atoms with E-state index in [2.05, 4.69) is 28.3 Å². The monoisotopic (exact) mass is 450 g/mol. The maximum Gasteiger partial charge on any atom is 0.263 e. The number of piperidine rings is 1. The number of para-hydroxylation sites is 1. The average Bonchev–Trinajstić information content (AvgIpc) is 3.26. The van der Waals surface area contributed by atoms with E-state index in [0.717, 1.165) is 48.8 Å². The van der Waals surface area contributed by atoms with Gasteiger partial charge in [-0.2, -0.15) is 0 Å². The van der Waals surface area contributed by atoms with Crippen LogP contribution in [0, 0.1) is 0 Å². The van der Waals surface area contributed by atoms with Gasteiger partial charge in [0.05, 0.1) is 11.6 Å². The first-order valence-electron chi connectivity index (χ1n) is 11.9. The quantitative estimate of drug-likeness (QED) is 0.463. The Morgan fingerprint density at radius 1 is 1.21 bits per heavy atom. The van der Waals surface area contributed by atoms with Crippen molar-refractivity contribution in [1.82, 2.24) is 20.2 Å². The number of aliphatic hydroxyl groups is 1. The van der Waals surface area contributed by atoms with Crippen molar-refractivity contribution in [3.63, 3.8) is 0 Å². The van der Waals surface area contributed by atoms with E-state index in [1.165, 1.54) is 12.0 Å². The third-order valence-electron chi connectivity index (χ3n) is 6.34. The smallest absolute Gasteiger partial charge is 0.263 e. The van der Waals surface area contributed by atoms with Gasteiger partial charge in [-0.3, -0.25) is 9.78 Å². The van der Waals surface area contributed by atoms with E-state index in [1.807, 2.05) is 42.3 Å². The number of pyridine rings is 1. The molecule has 0 aliphatic carbocycles. The molecule has 0 unspecified atom stereocenters. The van der Waals surface area contributed by atoms with Gasteiger partial charge in [-0.25, -0.2) is 0 Å². The highest BCUT2D eigenvalue weighted by Crippen LogP contribution is 2.29. The van der Waals surface area contributed by atoms with Crippen LogP contribution < -0.4 is 10.1 Å². The maximum absolute atomic E-state index is 12.8. The van der Waals surface area contributed by atoms with E-state index in [0.29, 0.717) is 12.3 Å². The van der Waals surface area contributed by atoms with Crippen molar-refractivity contribution in [3.8, 4) is 5.75 Å². The van der Waals surface area contributed by atoms with Gasteiger partial charge in [-0.1, -0.05) is 18.2 Å². The number of hydrogen-bond acceptors (Lipinski definition) is 5. The van der Waals surface area contributed by atoms with Gasteiger partial charge in [0, 0.05) is 55.2 Å². The number of likely N-dealkylation sites (tertiary alicyclic amines) is 1. The Hall–Kier alpha value is -2.90. The van der Waals surface area contributed by atoms with Gasteiger partial charge in [-0.05, 0) is 57.2 Å². The number of nitrogens with zero attached hydrogens (tertiary/aromatic N) is 2. The van der Waals surface area contributed by atoms with Crippen LogP contribution in [0.5, 0.6) is 5.75 Å². The third kappa shape index (κ3) is 5.72. The molecule has 2 aromatic heterocycles. The molecule has 3 aromatic rings. The van der Waals surface area contributed by atoms with Gasteiger partial charge in [-0.15, -0.1) is 0 Å². The van der Waals surface area contributed by atoms with Crippen LogP contribution in [0.1, 0.15) is 50.3 Å². The molecule has 1 saturated heterocycles. The number of carbonyl (C=O) groups is 1. The van der Waals surface area contributed by atoms with Crippen LogP contribution in [0.15, 0.2) is 48.9 Å².